The first-order chi connectivity index (χ1) is 11.5. The molecule has 1 saturated carbocycles. The molecule has 1 saturated heterocycles. The van der Waals surface area contributed by atoms with Crippen LogP contribution >= 0.6 is 0 Å². The van der Waals surface area contributed by atoms with Crippen LogP contribution in [0.2, 0.25) is 0 Å². The van der Waals surface area contributed by atoms with Gasteiger partial charge in [-0.25, -0.2) is 9.59 Å². The van der Waals surface area contributed by atoms with Crippen LogP contribution in [0.25, 0.3) is 0 Å². The largest absolute Gasteiger partial charge is 0.480 e. The minimum absolute atomic E-state index is 0.0510. The number of carboxylic acid groups (broad SMARTS) is 1. The fraction of sp³-hybridized carbons (Fsp3) is 0.750. The van der Waals surface area contributed by atoms with Crippen LogP contribution in [0.1, 0.15) is 25.7 Å². The number of hydrogen-bond donors (Lipinski definition) is 2. The van der Waals surface area contributed by atoms with Gasteiger partial charge in [-0.2, -0.15) is 0 Å². The number of imidazole rings is 1. The van der Waals surface area contributed by atoms with E-state index in [9.17, 15) is 9.59 Å². The number of aliphatic carboxylic acids is 1. The molecule has 8 heteroatoms. The second kappa shape index (κ2) is 7.08. The molecule has 1 aromatic heterocycles. The molecule has 2 aliphatic rings. The monoisotopic (exact) mass is 339 g/mol. The molecule has 24 heavy (non-hydrogen) atoms. The van der Waals surface area contributed by atoms with E-state index in [1.54, 1.807) is 24.1 Å². The second-order valence-corrected chi connectivity index (χ2v) is 6.63. The molecule has 1 aliphatic carbocycles. The lowest BCUT2D eigenvalue weighted by atomic mass is 9.79. The number of fused-ring (bicyclic) bond motifs is 1. The third kappa shape index (κ3) is 3.40. The van der Waals surface area contributed by atoms with Crippen LogP contribution in [-0.4, -0.2) is 70.1 Å². The van der Waals surface area contributed by atoms with E-state index in [-0.39, 0.29) is 30.0 Å². The normalized spacial score (nSPS) is 30.4. The van der Waals surface area contributed by atoms with Gasteiger partial charge in [-0.1, -0.05) is 0 Å². The van der Waals surface area contributed by atoms with Gasteiger partial charge in [-0.3, -0.25) is 9.47 Å². The molecule has 2 heterocycles. The summed E-state index contributed by atoms with van der Waals surface area (Å²) in [6.07, 6.45) is 6.77. The molecular formula is C16H25N3O5. The maximum absolute atomic E-state index is 11.6. The number of carbonyl (C=O) groups is 1. The predicted octanol–water partition coefficient (Wildman–Crippen LogP) is 0.290. The van der Waals surface area contributed by atoms with Crippen LogP contribution in [0.5, 0.6) is 0 Å². The Balaban J connectivity index is 1.64. The number of methoxy groups -OCH3 is 1. The minimum atomic E-state index is -0.936. The summed E-state index contributed by atoms with van der Waals surface area (Å²) < 4.78 is 13.1. The summed E-state index contributed by atoms with van der Waals surface area (Å²) in [7, 11) is 1.76. The third-order valence-corrected chi connectivity index (χ3v) is 5.45. The summed E-state index contributed by atoms with van der Waals surface area (Å²) in [5, 5.41) is 8.80. The van der Waals surface area contributed by atoms with E-state index in [1.165, 1.54) is 0 Å². The number of hydrogen-bond acceptors (Lipinski definition) is 5. The Kier molecular flexibility index (Phi) is 5.07. The van der Waals surface area contributed by atoms with Gasteiger partial charge in [-0.05, 0) is 25.7 Å². The lowest BCUT2D eigenvalue weighted by Gasteiger charge is -2.43. The van der Waals surface area contributed by atoms with Crippen molar-refractivity contribution in [3.05, 3.63) is 22.9 Å². The predicted molar refractivity (Wildman–Crippen MR) is 86.0 cm³/mol. The maximum atomic E-state index is 11.6. The van der Waals surface area contributed by atoms with Crippen molar-refractivity contribution in [2.75, 3.05) is 26.8 Å². The van der Waals surface area contributed by atoms with Crippen molar-refractivity contribution in [1.82, 2.24) is 14.5 Å². The first kappa shape index (κ1) is 17.2. The number of carboxylic acids is 1. The summed E-state index contributed by atoms with van der Waals surface area (Å²) in [4.78, 5) is 27.3. The molecule has 2 N–H and O–H groups in total. The van der Waals surface area contributed by atoms with E-state index in [0.29, 0.717) is 6.54 Å². The Morgan fingerprint density at radius 1 is 1.46 bits per heavy atom. The number of nitrogens with zero attached hydrogens (tertiary/aromatic N) is 2. The summed E-state index contributed by atoms with van der Waals surface area (Å²) in [5.74, 6) is -0.936. The zero-order valence-electron chi connectivity index (χ0n) is 13.9. The smallest absolute Gasteiger partial charge is 0.329 e. The van der Waals surface area contributed by atoms with E-state index >= 15 is 0 Å². The number of likely N-dealkylation sites (tertiary alicyclic amines) is 1. The van der Waals surface area contributed by atoms with Crippen molar-refractivity contribution in [2.24, 2.45) is 0 Å². The number of rotatable bonds is 7. The summed E-state index contributed by atoms with van der Waals surface area (Å²) >= 11 is 0. The highest BCUT2D eigenvalue weighted by Crippen LogP contribution is 2.43. The van der Waals surface area contributed by atoms with Crippen LogP contribution in [0.15, 0.2) is 17.2 Å². The van der Waals surface area contributed by atoms with Crippen LogP contribution in [0.4, 0.5) is 0 Å². The van der Waals surface area contributed by atoms with Gasteiger partial charge < -0.3 is 19.6 Å². The lowest BCUT2D eigenvalue weighted by Crippen LogP contribution is -2.52. The number of nitrogens with one attached hydrogen (secondary N) is 1. The summed E-state index contributed by atoms with van der Waals surface area (Å²) in [5.41, 5.74) is -0.273. The highest BCUT2D eigenvalue weighted by atomic mass is 16.5. The zero-order valence-corrected chi connectivity index (χ0v) is 13.9. The Labute approximate surface area is 140 Å². The molecule has 0 bridgehead atoms. The fourth-order valence-corrected chi connectivity index (χ4v) is 4.13. The molecule has 2 fully saturated rings. The van der Waals surface area contributed by atoms with Crippen LogP contribution in [0, 0.1) is 0 Å². The molecule has 3 rings (SSSR count). The molecule has 0 spiro atoms. The number of aromatic amines is 1. The van der Waals surface area contributed by atoms with Gasteiger partial charge in [0.1, 0.15) is 6.61 Å². The van der Waals surface area contributed by atoms with Gasteiger partial charge >= 0.3 is 11.7 Å². The number of ether oxygens (including phenoxy) is 2. The molecule has 1 aliphatic heterocycles. The molecule has 0 amide bonds. The lowest BCUT2D eigenvalue weighted by molar-refractivity contribution is -0.148. The zero-order chi connectivity index (χ0) is 17.2. The molecule has 1 aromatic rings. The Hall–Kier alpha value is -1.64. The van der Waals surface area contributed by atoms with E-state index in [1.807, 2.05) is 0 Å². The molecule has 134 valence electrons. The Morgan fingerprint density at radius 2 is 2.29 bits per heavy atom. The standard InChI is InChI=1S/C16H25N3O5/c1-23-16-3-2-12(24-11-14(20)21)10-13(16)18(6-4-16)8-9-19-7-5-17-15(19)22/h5,7,12-13H,2-4,6,8-11H2,1H3,(H,17,22)(H,20,21)/t12-,13-,16+/m0/s1. The molecule has 0 radical (unpaired) electrons. The highest BCUT2D eigenvalue weighted by molar-refractivity contribution is 5.68. The number of H-pyrrole nitrogens is 1. The average molecular weight is 339 g/mol. The average Bonchev–Trinajstić information content (AvgIpc) is 3.14. The minimum Gasteiger partial charge on any atom is -0.480 e. The molecule has 3 atom stereocenters. The third-order valence-electron chi connectivity index (χ3n) is 5.45. The fourth-order valence-electron chi connectivity index (χ4n) is 4.13. The van der Waals surface area contributed by atoms with Crippen molar-refractivity contribution < 1.29 is 19.4 Å². The van der Waals surface area contributed by atoms with Crippen molar-refractivity contribution in [1.29, 1.82) is 0 Å². The van der Waals surface area contributed by atoms with Gasteiger partial charge in [0, 0.05) is 45.2 Å². The van der Waals surface area contributed by atoms with E-state index in [0.717, 1.165) is 38.8 Å². The first-order valence-corrected chi connectivity index (χ1v) is 8.40. The van der Waals surface area contributed by atoms with Crippen molar-refractivity contribution >= 4 is 5.97 Å². The molecule has 0 unspecified atom stereocenters. The second-order valence-electron chi connectivity index (χ2n) is 6.63. The quantitative estimate of drug-likeness (QED) is 0.741. The Morgan fingerprint density at radius 3 is 2.96 bits per heavy atom. The Bertz CT molecular complexity index is 627. The topological polar surface area (TPSA) is 96.8 Å². The molecular weight excluding hydrogens is 314 g/mol. The van der Waals surface area contributed by atoms with Gasteiger partial charge in [0.15, 0.2) is 0 Å². The van der Waals surface area contributed by atoms with Gasteiger partial charge in [-0.15, -0.1) is 0 Å². The summed E-state index contributed by atoms with van der Waals surface area (Å²) in [6, 6.07) is 0.199. The van der Waals surface area contributed by atoms with Crippen molar-refractivity contribution in [2.45, 2.75) is 50.0 Å². The maximum Gasteiger partial charge on any atom is 0.329 e. The molecule has 0 aromatic carbocycles. The highest BCUT2D eigenvalue weighted by Gasteiger charge is 2.51. The van der Waals surface area contributed by atoms with Crippen molar-refractivity contribution in [3.63, 3.8) is 0 Å². The van der Waals surface area contributed by atoms with Gasteiger partial charge in [0.2, 0.25) is 0 Å². The summed E-state index contributed by atoms with van der Waals surface area (Å²) in [6.45, 7) is 2.05. The van der Waals surface area contributed by atoms with Gasteiger partial charge in [0.05, 0.1) is 11.7 Å². The molecule has 8 nitrogen and oxygen atoms in total. The van der Waals surface area contributed by atoms with Crippen molar-refractivity contribution in [3.8, 4) is 0 Å². The first-order valence-electron chi connectivity index (χ1n) is 8.40. The van der Waals surface area contributed by atoms with E-state index in [4.69, 9.17) is 14.6 Å². The van der Waals surface area contributed by atoms with E-state index < -0.39 is 5.97 Å². The number of aromatic nitrogens is 2. The van der Waals surface area contributed by atoms with Crippen LogP contribution < -0.4 is 5.69 Å². The SMILES string of the molecule is CO[C@@]12CC[C@H](OCC(=O)O)C[C@@H]1N(CCn1cc[nH]c1=O)CC2. The van der Waals surface area contributed by atoms with Crippen LogP contribution in [0.3, 0.4) is 0 Å². The van der Waals surface area contributed by atoms with Gasteiger partial charge in [0.25, 0.3) is 0 Å². The van der Waals surface area contributed by atoms with Crippen LogP contribution in [-0.2, 0) is 20.8 Å². The van der Waals surface area contributed by atoms with E-state index in [2.05, 4.69) is 9.88 Å².